The summed E-state index contributed by atoms with van der Waals surface area (Å²) in [5.41, 5.74) is 1.68. The molecule has 0 radical (unpaired) electrons. The van der Waals surface area contributed by atoms with Gasteiger partial charge in [-0.1, -0.05) is 6.08 Å². The Hall–Kier alpha value is -3.16. The van der Waals surface area contributed by atoms with E-state index in [4.69, 9.17) is 4.74 Å². The van der Waals surface area contributed by atoms with Crippen LogP contribution < -0.4 is 19.9 Å². The maximum absolute atomic E-state index is 13.3. The van der Waals surface area contributed by atoms with Gasteiger partial charge in [0.1, 0.15) is 5.75 Å². The van der Waals surface area contributed by atoms with E-state index in [9.17, 15) is 18.0 Å². The van der Waals surface area contributed by atoms with Gasteiger partial charge in [0.2, 0.25) is 5.91 Å². The molecule has 0 unspecified atom stereocenters. The van der Waals surface area contributed by atoms with Crippen molar-refractivity contribution in [2.45, 2.75) is 18.6 Å². The lowest BCUT2D eigenvalue weighted by Gasteiger charge is -2.49. The molecule has 0 saturated carbocycles. The Labute approximate surface area is 185 Å². The summed E-state index contributed by atoms with van der Waals surface area (Å²) in [5.74, 6) is 0.132. The third-order valence-electron chi connectivity index (χ3n) is 6.23. The smallest absolute Gasteiger partial charge is 0.416 e. The van der Waals surface area contributed by atoms with Crippen molar-refractivity contribution in [3.05, 3.63) is 66.2 Å². The standard InChI is InChI=1S/C24H26F3N3O2/c1-3-10-28-23(31)20-14-16-13-17(24(25,26)27)4-9-21(16)30-12-11-29(15-22(20)30)18-5-7-19(32-2)8-6-18/h3-9,13,20,22H,1,10-12,14-15H2,2H3,(H,28,31)/t20-,22-/m1/s1. The topological polar surface area (TPSA) is 44.8 Å². The highest BCUT2D eigenvalue weighted by atomic mass is 19.4. The van der Waals surface area contributed by atoms with Crippen molar-refractivity contribution in [2.75, 3.05) is 43.1 Å². The minimum Gasteiger partial charge on any atom is -0.497 e. The van der Waals surface area contributed by atoms with Gasteiger partial charge in [-0.05, 0) is 54.4 Å². The number of piperazine rings is 1. The molecule has 1 fully saturated rings. The van der Waals surface area contributed by atoms with Crippen molar-refractivity contribution in [1.82, 2.24) is 5.32 Å². The van der Waals surface area contributed by atoms with Crippen LogP contribution >= 0.6 is 0 Å². The van der Waals surface area contributed by atoms with Crippen LogP contribution in [0.15, 0.2) is 55.1 Å². The summed E-state index contributed by atoms with van der Waals surface area (Å²) in [4.78, 5) is 17.3. The Balaban J connectivity index is 1.65. The Morgan fingerprint density at radius 3 is 2.62 bits per heavy atom. The van der Waals surface area contributed by atoms with Crippen LogP contribution in [0.5, 0.6) is 5.75 Å². The van der Waals surface area contributed by atoms with Crippen LogP contribution in [0.2, 0.25) is 0 Å². The quantitative estimate of drug-likeness (QED) is 0.710. The first kappa shape index (κ1) is 22.0. The van der Waals surface area contributed by atoms with Gasteiger partial charge in [0.15, 0.2) is 0 Å². The van der Waals surface area contributed by atoms with Crippen LogP contribution in [0, 0.1) is 5.92 Å². The van der Waals surface area contributed by atoms with Gasteiger partial charge in [0.25, 0.3) is 0 Å². The highest BCUT2D eigenvalue weighted by molar-refractivity contribution is 5.82. The number of carbonyl (C=O) groups is 1. The lowest BCUT2D eigenvalue weighted by Crippen LogP contribution is -2.61. The number of halogens is 3. The van der Waals surface area contributed by atoms with Gasteiger partial charge in [0.05, 0.1) is 24.6 Å². The van der Waals surface area contributed by atoms with Crippen LogP contribution in [-0.4, -0.2) is 45.2 Å². The summed E-state index contributed by atoms with van der Waals surface area (Å²) >= 11 is 0. The fraction of sp³-hybridized carbons (Fsp3) is 0.375. The molecule has 2 aromatic carbocycles. The second kappa shape index (κ2) is 8.76. The normalized spacial score (nSPS) is 20.2. The molecular formula is C24H26F3N3O2. The number of amides is 1. The number of anilines is 2. The predicted octanol–water partition coefficient (Wildman–Crippen LogP) is 3.88. The Kier molecular flexibility index (Phi) is 6.04. The van der Waals surface area contributed by atoms with E-state index >= 15 is 0 Å². The van der Waals surface area contributed by atoms with Gasteiger partial charge in [-0.25, -0.2) is 0 Å². The van der Waals surface area contributed by atoms with Crippen LogP contribution in [0.3, 0.4) is 0 Å². The number of ether oxygens (including phenoxy) is 1. The average Bonchev–Trinajstić information content (AvgIpc) is 2.80. The summed E-state index contributed by atoms with van der Waals surface area (Å²) < 4.78 is 45.1. The number of hydrogen-bond acceptors (Lipinski definition) is 4. The highest BCUT2D eigenvalue weighted by Gasteiger charge is 2.42. The van der Waals surface area contributed by atoms with Crippen molar-refractivity contribution in [2.24, 2.45) is 5.92 Å². The summed E-state index contributed by atoms with van der Waals surface area (Å²) in [6.45, 7) is 5.86. The SMILES string of the molecule is C=CCNC(=O)[C@@H]1Cc2cc(C(F)(F)F)ccc2N2CCN(c3ccc(OC)cc3)C[C@H]12. The maximum Gasteiger partial charge on any atom is 0.416 e. The van der Waals surface area contributed by atoms with Gasteiger partial charge in [-0.15, -0.1) is 6.58 Å². The molecule has 1 saturated heterocycles. The molecule has 32 heavy (non-hydrogen) atoms. The lowest BCUT2D eigenvalue weighted by molar-refractivity contribution is -0.137. The zero-order valence-electron chi connectivity index (χ0n) is 17.9. The fourth-order valence-corrected chi connectivity index (χ4v) is 4.63. The Bertz CT molecular complexity index is 991. The number of nitrogens with one attached hydrogen (secondary N) is 1. The molecule has 5 nitrogen and oxygen atoms in total. The molecule has 0 aliphatic carbocycles. The van der Waals surface area contributed by atoms with E-state index in [2.05, 4.69) is 21.7 Å². The zero-order valence-corrected chi connectivity index (χ0v) is 17.9. The van der Waals surface area contributed by atoms with Gasteiger partial charge >= 0.3 is 6.18 Å². The third-order valence-corrected chi connectivity index (χ3v) is 6.23. The van der Waals surface area contributed by atoms with Crippen LogP contribution in [-0.2, 0) is 17.4 Å². The Morgan fingerprint density at radius 1 is 1.22 bits per heavy atom. The summed E-state index contributed by atoms with van der Waals surface area (Å²) in [6.07, 6.45) is -2.56. The van der Waals surface area contributed by atoms with E-state index in [1.807, 2.05) is 24.3 Å². The van der Waals surface area contributed by atoms with E-state index in [0.717, 1.165) is 23.2 Å². The second-order valence-corrected chi connectivity index (χ2v) is 8.09. The van der Waals surface area contributed by atoms with Gasteiger partial charge in [-0.3, -0.25) is 4.79 Å². The predicted molar refractivity (Wildman–Crippen MR) is 118 cm³/mol. The van der Waals surface area contributed by atoms with E-state index < -0.39 is 17.7 Å². The van der Waals surface area contributed by atoms with E-state index in [1.54, 1.807) is 19.3 Å². The number of nitrogens with zero attached hydrogens (tertiary/aromatic N) is 2. The largest absolute Gasteiger partial charge is 0.497 e. The van der Waals surface area contributed by atoms with Gasteiger partial charge in [-0.2, -0.15) is 13.2 Å². The first-order valence-corrected chi connectivity index (χ1v) is 10.6. The monoisotopic (exact) mass is 445 g/mol. The van der Waals surface area contributed by atoms with E-state index in [-0.39, 0.29) is 18.4 Å². The molecule has 2 aromatic rings. The second-order valence-electron chi connectivity index (χ2n) is 8.09. The van der Waals surface area contributed by atoms with Crippen LogP contribution in [0.1, 0.15) is 11.1 Å². The number of hydrogen-bond donors (Lipinski definition) is 1. The van der Waals surface area contributed by atoms with Crippen molar-refractivity contribution >= 4 is 17.3 Å². The number of benzene rings is 2. The molecule has 0 spiro atoms. The fourth-order valence-electron chi connectivity index (χ4n) is 4.63. The maximum atomic E-state index is 13.3. The number of methoxy groups -OCH3 is 1. The van der Waals surface area contributed by atoms with Crippen molar-refractivity contribution in [3.63, 3.8) is 0 Å². The van der Waals surface area contributed by atoms with Crippen molar-refractivity contribution < 1.29 is 22.7 Å². The van der Waals surface area contributed by atoms with E-state index in [0.29, 0.717) is 31.7 Å². The number of rotatable bonds is 5. The van der Waals surface area contributed by atoms with Crippen LogP contribution in [0.4, 0.5) is 24.5 Å². The molecule has 4 rings (SSSR count). The molecule has 8 heteroatoms. The van der Waals surface area contributed by atoms with Gasteiger partial charge in [0, 0.05) is 37.6 Å². The molecule has 0 bridgehead atoms. The number of alkyl halides is 3. The Morgan fingerprint density at radius 2 is 1.97 bits per heavy atom. The molecule has 2 aliphatic heterocycles. The summed E-state index contributed by atoms with van der Waals surface area (Å²) in [6, 6.07) is 11.5. The van der Waals surface area contributed by atoms with E-state index in [1.165, 1.54) is 6.07 Å². The average molecular weight is 445 g/mol. The molecule has 2 atom stereocenters. The summed E-state index contributed by atoms with van der Waals surface area (Å²) in [7, 11) is 1.61. The molecular weight excluding hydrogens is 419 g/mol. The molecule has 1 N–H and O–H groups in total. The minimum absolute atomic E-state index is 0.153. The zero-order chi connectivity index (χ0) is 22.9. The molecule has 170 valence electrons. The lowest BCUT2D eigenvalue weighted by atomic mass is 9.82. The molecule has 0 aromatic heterocycles. The number of fused-ring (bicyclic) bond motifs is 3. The number of carbonyl (C=O) groups excluding carboxylic acids is 1. The molecule has 1 amide bonds. The van der Waals surface area contributed by atoms with Crippen LogP contribution in [0.25, 0.3) is 0 Å². The molecule has 2 heterocycles. The third kappa shape index (κ3) is 4.26. The van der Waals surface area contributed by atoms with Gasteiger partial charge < -0.3 is 19.9 Å². The summed E-state index contributed by atoms with van der Waals surface area (Å²) in [5, 5.41) is 2.84. The highest BCUT2D eigenvalue weighted by Crippen LogP contribution is 2.40. The first-order valence-electron chi connectivity index (χ1n) is 10.6. The van der Waals surface area contributed by atoms with Crippen molar-refractivity contribution in [3.8, 4) is 5.75 Å². The molecule has 2 aliphatic rings. The minimum atomic E-state index is -4.42. The van der Waals surface area contributed by atoms with Crippen molar-refractivity contribution in [1.29, 1.82) is 0 Å². The first-order chi connectivity index (χ1) is 15.3.